The number of phenols is 6. The maximum Gasteiger partial charge on any atom is 0.122 e. The van der Waals surface area contributed by atoms with Crippen molar-refractivity contribution in [2.24, 2.45) is 0 Å². The Morgan fingerprint density at radius 3 is 0.746 bits per heavy atom. The van der Waals surface area contributed by atoms with Crippen LogP contribution in [0.3, 0.4) is 0 Å². The minimum absolute atomic E-state index is 0.0548. The molecule has 0 spiro atoms. The molecular weight excluding hydrogens is 781 g/mol. The van der Waals surface area contributed by atoms with Gasteiger partial charge in [0, 0.05) is 23.0 Å². The van der Waals surface area contributed by atoms with Gasteiger partial charge in [-0.1, -0.05) is 104 Å². The second-order valence-corrected chi connectivity index (χ2v) is 19.4. The highest BCUT2D eigenvalue weighted by molar-refractivity contribution is 5.62. The number of hydrogen-bond donors (Lipinski definition) is 6. The standard InChI is InChI=1S/C57H68O6/c1-28(2)40-24-44(32(9)17-50(40)58)54(45-25-41(29(3)4)51(59)18-33(45)10)48-22-38(15-36(13)56(48)62)21-39-16-37(14)57(63)49(23-39)55(46-26-42(30(5)6)52(60)19-34(46)11)47-27-43(31(7)8)53(61)20-35(47)12/h15-20,22-31,54-55,58-63H,21H2,1-14H3. The topological polar surface area (TPSA) is 121 Å². The van der Waals surface area contributed by atoms with Crippen LogP contribution in [0.15, 0.2) is 72.8 Å². The summed E-state index contributed by atoms with van der Waals surface area (Å²) >= 11 is 0. The molecular formula is C57H68O6. The van der Waals surface area contributed by atoms with Crippen molar-refractivity contribution in [3.05, 3.63) is 173 Å². The lowest BCUT2D eigenvalue weighted by atomic mass is 9.76. The van der Waals surface area contributed by atoms with Gasteiger partial charge in [-0.25, -0.2) is 0 Å². The fourth-order valence-corrected chi connectivity index (χ4v) is 9.65. The molecule has 0 unspecified atom stereocenters. The molecule has 6 rings (SSSR count). The predicted molar refractivity (Wildman–Crippen MR) is 258 cm³/mol. The minimum atomic E-state index is -0.429. The van der Waals surface area contributed by atoms with E-state index in [1.807, 2.05) is 77.9 Å². The van der Waals surface area contributed by atoms with Crippen LogP contribution >= 0.6 is 0 Å². The smallest absolute Gasteiger partial charge is 0.122 e. The summed E-state index contributed by atoms with van der Waals surface area (Å²) in [6, 6.07) is 23.8. The summed E-state index contributed by atoms with van der Waals surface area (Å²) in [4.78, 5) is 0. The lowest BCUT2D eigenvalue weighted by molar-refractivity contribution is 0.459. The third-order valence-electron chi connectivity index (χ3n) is 13.2. The average molecular weight is 849 g/mol. The SMILES string of the molecule is Cc1cc(O)c(C(C)C)cc1C(c1cc(C(C)C)c(O)cc1C)c1cc(Cc2cc(C)c(O)c(C(c3cc(C(C)C)c(O)cc3C)c3cc(C(C)C)c(O)cc3C)c2)cc(C)c1O. The first-order valence-electron chi connectivity index (χ1n) is 22.5. The normalized spacial score (nSPS) is 12.0. The molecule has 0 heterocycles. The lowest BCUT2D eigenvalue weighted by Gasteiger charge is -2.28. The fraction of sp³-hybridized carbons (Fsp3) is 0.368. The number of aromatic hydroxyl groups is 6. The second kappa shape index (κ2) is 18.1. The van der Waals surface area contributed by atoms with Gasteiger partial charge in [0.25, 0.3) is 0 Å². The van der Waals surface area contributed by atoms with Crippen LogP contribution in [0.4, 0.5) is 0 Å². The molecule has 0 atom stereocenters. The van der Waals surface area contributed by atoms with Crippen molar-refractivity contribution < 1.29 is 30.6 Å². The summed E-state index contributed by atoms with van der Waals surface area (Å²) < 4.78 is 0. The summed E-state index contributed by atoms with van der Waals surface area (Å²) in [7, 11) is 0. The first-order valence-corrected chi connectivity index (χ1v) is 22.5. The molecule has 0 fully saturated rings. The van der Waals surface area contributed by atoms with Gasteiger partial charge in [-0.3, -0.25) is 0 Å². The Morgan fingerprint density at radius 2 is 0.524 bits per heavy atom. The molecule has 332 valence electrons. The molecule has 63 heavy (non-hydrogen) atoms. The highest BCUT2D eigenvalue weighted by Crippen LogP contribution is 2.48. The minimum Gasteiger partial charge on any atom is -0.508 e. The van der Waals surface area contributed by atoms with Crippen LogP contribution in [0.25, 0.3) is 0 Å². The van der Waals surface area contributed by atoms with E-state index in [1.165, 1.54) is 0 Å². The van der Waals surface area contributed by atoms with Gasteiger partial charge in [-0.15, -0.1) is 0 Å². The van der Waals surface area contributed by atoms with Gasteiger partial charge in [0.2, 0.25) is 0 Å². The zero-order valence-electron chi connectivity index (χ0n) is 39.8. The molecule has 0 aliphatic heterocycles. The monoisotopic (exact) mass is 849 g/mol. The van der Waals surface area contributed by atoms with E-state index < -0.39 is 11.8 Å². The molecule has 0 aromatic heterocycles. The van der Waals surface area contributed by atoms with E-state index in [0.717, 1.165) is 100 Å². The van der Waals surface area contributed by atoms with Crippen LogP contribution in [0, 0.1) is 41.5 Å². The average Bonchev–Trinajstić information content (AvgIpc) is 3.17. The summed E-state index contributed by atoms with van der Waals surface area (Å²) in [5, 5.41) is 68.6. The van der Waals surface area contributed by atoms with Crippen molar-refractivity contribution in [3.63, 3.8) is 0 Å². The Kier molecular flexibility index (Phi) is 13.4. The molecule has 6 heteroatoms. The highest BCUT2D eigenvalue weighted by atomic mass is 16.3. The number of aryl methyl sites for hydroxylation is 6. The van der Waals surface area contributed by atoms with Crippen molar-refractivity contribution in [2.45, 2.75) is 139 Å². The van der Waals surface area contributed by atoms with E-state index in [0.29, 0.717) is 6.42 Å². The van der Waals surface area contributed by atoms with Crippen LogP contribution in [0.2, 0.25) is 0 Å². The summed E-state index contributed by atoms with van der Waals surface area (Å²) in [6.07, 6.45) is 0.497. The van der Waals surface area contributed by atoms with Crippen LogP contribution in [-0.4, -0.2) is 30.6 Å². The Labute approximate surface area is 375 Å². The van der Waals surface area contributed by atoms with Gasteiger partial charge < -0.3 is 30.6 Å². The maximum atomic E-state index is 12.1. The van der Waals surface area contributed by atoms with Crippen LogP contribution < -0.4 is 0 Å². The highest BCUT2D eigenvalue weighted by Gasteiger charge is 2.30. The molecule has 0 radical (unpaired) electrons. The summed E-state index contributed by atoms with van der Waals surface area (Å²) in [5.41, 5.74) is 15.6. The first-order chi connectivity index (χ1) is 29.5. The Morgan fingerprint density at radius 1 is 0.286 bits per heavy atom. The van der Waals surface area contributed by atoms with Gasteiger partial charge in [-0.05, 0) is 185 Å². The molecule has 0 bridgehead atoms. The van der Waals surface area contributed by atoms with E-state index in [-0.39, 0.29) is 58.2 Å². The second-order valence-electron chi connectivity index (χ2n) is 19.4. The van der Waals surface area contributed by atoms with Crippen LogP contribution in [0.1, 0.15) is 191 Å². The van der Waals surface area contributed by atoms with Gasteiger partial charge in [-0.2, -0.15) is 0 Å². The van der Waals surface area contributed by atoms with E-state index in [9.17, 15) is 30.6 Å². The summed E-state index contributed by atoms with van der Waals surface area (Å²) in [5.74, 6) is 0.714. The van der Waals surface area contributed by atoms with Gasteiger partial charge in [0.05, 0.1) is 0 Å². The van der Waals surface area contributed by atoms with Crippen molar-refractivity contribution in [2.75, 3.05) is 0 Å². The predicted octanol–water partition coefficient (Wildman–Crippen LogP) is 14.2. The molecule has 0 aliphatic carbocycles. The molecule has 6 aromatic carbocycles. The molecule has 0 aliphatic rings. The first kappa shape index (κ1) is 46.6. The third-order valence-corrected chi connectivity index (χ3v) is 13.2. The molecule has 6 N–H and O–H groups in total. The van der Waals surface area contributed by atoms with Gasteiger partial charge >= 0.3 is 0 Å². The van der Waals surface area contributed by atoms with E-state index >= 15 is 0 Å². The van der Waals surface area contributed by atoms with E-state index in [4.69, 9.17) is 0 Å². The Hall–Kier alpha value is -5.88. The van der Waals surface area contributed by atoms with Crippen LogP contribution in [-0.2, 0) is 6.42 Å². The third kappa shape index (κ3) is 9.14. The van der Waals surface area contributed by atoms with Crippen LogP contribution in [0.5, 0.6) is 34.5 Å². The quantitative estimate of drug-likeness (QED) is 0.0682. The Balaban J connectivity index is 1.60. The molecule has 0 saturated carbocycles. The number of hydrogen-bond acceptors (Lipinski definition) is 6. The fourth-order valence-electron chi connectivity index (χ4n) is 9.65. The van der Waals surface area contributed by atoms with Gasteiger partial charge in [0.15, 0.2) is 0 Å². The number of phenolic OH excluding ortho intramolecular Hbond substituents is 6. The summed E-state index contributed by atoms with van der Waals surface area (Å²) in [6.45, 7) is 28.3. The van der Waals surface area contributed by atoms with Crippen molar-refractivity contribution >= 4 is 0 Å². The molecule has 6 aromatic rings. The van der Waals surface area contributed by atoms with Gasteiger partial charge in [0.1, 0.15) is 34.5 Å². The van der Waals surface area contributed by atoms with Crippen molar-refractivity contribution in [3.8, 4) is 34.5 Å². The number of benzene rings is 6. The number of rotatable bonds is 12. The zero-order chi connectivity index (χ0) is 46.5. The van der Waals surface area contributed by atoms with Crippen molar-refractivity contribution in [1.29, 1.82) is 0 Å². The Bertz CT molecular complexity index is 2390. The molecule has 6 nitrogen and oxygen atoms in total. The molecule has 0 saturated heterocycles. The lowest BCUT2D eigenvalue weighted by Crippen LogP contribution is -2.12. The largest absolute Gasteiger partial charge is 0.508 e. The maximum absolute atomic E-state index is 12.1. The van der Waals surface area contributed by atoms with E-state index in [1.54, 1.807) is 0 Å². The van der Waals surface area contributed by atoms with E-state index in [2.05, 4.69) is 91.8 Å². The zero-order valence-corrected chi connectivity index (χ0v) is 39.8. The van der Waals surface area contributed by atoms with Crippen molar-refractivity contribution in [1.82, 2.24) is 0 Å². The molecule has 0 amide bonds.